The number of rotatable bonds is 4. The van der Waals surface area contributed by atoms with Crippen molar-refractivity contribution >= 4 is 28.9 Å². The predicted octanol–water partition coefficient (Wildman–Crippen LogP) is 3.66. The molecule has 0 atom stereocenters. The van der Waals surface area contributed by atoms with Crippen molar-refractivity contribution in [3.8, 4) is 0 Å². The van der Waals surface area contributed by atoms with Crippen molar-refractivity contribution in [2.75, 3.05) is 23.7 Å². The number of anilines is 3. The molecule has 136 valence electrons. The van der Waals surface area contributed by atoms with E-state index in [1.165, 1.54) is 6.92 Å². The van der Waals surface area contributed by atoms with Gasteiger partial charge in [0, 0.05) is 31.4 Å². The highest BCUT2D eigenvalue weighted by Gasteiger charge is 2.22. The number of carbonyl (C=O) groups is 2. The van der Waals surface area contributed by atoms with E-state index in [4.69, 9.17) is 0 Å². The molecule has 1 aromatic heterocycles. The summed E-state index contributed by atoms with van der Waals surface area (Å²) in [6.45, 7) is 5.32. The van der Waals surface area contributed by atoms with Crippen molar-refractivity contribution in [2.24, 2.45) is 5.92 Å². The third-order valence-corrected chi connectivity index (χ3v) is 4.55. The minimum Gasteiger partial charge on any atom is -0.354 e. The van der Waals surface area contributed by atoms with Crippen LogP contribution in [0.1, 0.15) is 37.2 Å². The number of hydrogen-bond acceptors (Lipinski definition) is 4. The van der Waals surface area contributed by atoms with E-state index in [1.807, 2.05) is 35.2 Å². The zero-order valence-electron chi connectivity index (χ0n) is 15.2. The fourth-order valence-corrected chi connectivity index (χ4v) is 2.97. The van der Waals surface area contributed by atoms with Crippen molar-refractivity contribution in [1.29, 1.82) is 0 Å². The van der Waals surface area contributed by atoms with Gasteiger partial charge in [-0.1, -0.05) is 6.92 Å². The van der Waals surface area contributed by atoms with Crippen LogP contribution in [0.3, 0.4) is 0 Å². The Hall–Kier alpha value is -2.89. The highest BCUT2D eigenvalue weighted by atomic mass is 16.2. The fraction of sp³-hybridized carbons (Fsp3) is 0.350. The molecule has 2 N–H and O–H groups in total. The number of nitrogens with zero attached hydrogens (tertiary/aromatic N) is 2. The molecule has 0 radical (unpaired) electrons. The minimum atomic E-state index is -0.0988. The average molecular weight is 352 g/mol. The topological polar surface area (TPSA) is 74.3 Å². The Bertz CT molecular complexity index is 763. The number of amides is 2. The lowest BCUT2D eigenvalue weighted by Gasteiger charge is -2.30. The van der Waals surface area contributed by atoms with Gasteiger partial charge in [-0.2, -0.15) is 0 Å². The molecule has 0 unspecified atom stereocenters. The first-order valence-electron chi connectivity index (χ1n) is 8.91. The van der Waals surface area contributed by atoms with Crippen molar-refractivity contribution in [2.45, 2.75) is 26.7 Å². The SMILES string of the molecule is CC(=O)Nc1ccc(Nc2ccc(C(=O)N3CCC(C)CC3)nc2)cc1. The number of nitrogens with one attached hydrogen (secondary N) is 2. The van der Waals surface area contributed by atoms with Gasteiger partial charge in [0.05, 0.1) is 11.9 Å². The zero-order valence-corrected chi connectivity index (χ0v) is 15.2. The van der Waals surface area contributed by atoms with E-state index in [2.05, 4.69) is 22.5 Å². The van der Waals surface area contributed by atoms with Gasteiger partial charge in [-0.25, -0.2) is 4.98 Å². The van der Waals surface area contributed by atoms with E-state index in [0.717, 1.165) is 43.0 Å². The van der Waals surface area contributed by atoms with Crippen LogP contribution in [-0.4, -0.2) is 34.8 Å². The molecule has 6 heteroatoms. The van der Waals surface area contributed by atoms with Gasteiger partial charge < -0.3 is 15.5 Å². The summed E-state index contributed by atoms with van der Waals surface area (Å²) in [5.74, 6) is 0.594. The van der Waals surface area contributed by atoms with Gasteiger partial charge in [0.2, 0.25) is 5.91 Å². The highest BCUT2D eigenvalue weighted by Crippen LogP contribution is 2.20. The van der Waals surface area contributed by atoms with Crippen LogP contribution in [0.25, 0.3) is 0 Å². The largest absolute Gasteiger partial charge is 0.354 e. The zero-order chi connectivity index (χ0) is 18.5. The summed E-state index contributed by atoms with van der Waals surface area (Å²) < 4.78 is 0. The lowest BCUT2D eigenvalue weighted by Crippen LogP contribution is -2.38. The molecular formula is C20H24N4O2. The van der Waals surface area contributed by atoms with Gasteiger partial charge in [0.15, 0.2) is 0 Å². The van der Waals surface area contributed by atoms with Crippen LogP contribution in [0.15, 0.2) is 42.6 Å². The van der Waals surface area contributed by atoms with E-state index in [1.54, 1.807) is 12.3 Å². The Morgan fingerprint density at radius 3 is 2.19 bits per heavy atom. The molecule has 1 aliphatic rings. The molecule has 1 fully saturated rings. The number of piperidine rings is 1. The van der Waals surface area contributed by atoms with E-state index < -0.39 is 0 Å². The second-order valence-corrected chi connectivity index (χ2v) is 6.79. The number of benzene rings is 1. The van der Waals surface area contributed by atoms with Crippen LogP contribution in [0.5, 0.6) is 0 Å². The van der Waals surface area contributed by atoms with Gasteiger partial charge in [0.1, 0.15) is 5.69 Å². The molecular weight excluding hydrogens is 328 g/mol. The van der Waals surface area contributed by atoms with E-state index >= 15 is 0 Å². The van der Waals surface area contributed by atoms with Gasteiger partial charge in [0.25, 0.3) is 5.91 Å². The molecule has 3 rings (SSSR count). The number of carbonyl (C=O) groups excluding carboxylic acids is 2. The van der Waals surface area contributed by atoms with Crippen molar-refractivity contribution in [3.63, 3.8) is 0 Å². The molecule has 2 heterocycles. The fourth-order valence-electron chi connectivity index (χ4n) is 2.97. The van der Waals surface area contributed by atoms with E-state index in [-0.39, 0.29) is 11.8 Å². The average Bonchev–Trinajstić information content (AvgIpc) is 2.64. The molecule has 26 heavy (non-hydrogen) atoms. The summed E-state index contributed by atoms with van der Waals surface area (Å²) in [6, 6.07) is 11.0. The summed E-state index contributed by atoms with van der Waals surface area (Å²) in [4.78, 5) is 29.8. The van der Waals surface area contributed by atoms with Crippen LogP contribution in [-0.2, 0) is 4.79 Å². The third-order valence-electron chi connectivity index (χ3n) is 4.55. The summed E-state index contributed by atoms with van der Waals surface area (Å²) in [6.07, 6.45) is 3.78. The Morgan fingerprint density at radius 1 is 1.00 bits per heavy atom. The maximum absolute atomic E-state index is 12.5. The lowest BCUT2D eigenvalue weighted by atomic mass is 9.99. The Morgan fingerprint density at radius 2 is 1.62 bits per heavy atom. The lowest BCUT2D eigenvalue weighted by molar-refractivity contribution is -0.114. The third kappa shape index (κ3) is 4.59. The normalized spacial score (nSPS) is 14.8. The molecule has 1 aromatic carbocycles. The van der Waals surface area contributed by atoms with Crippen LogP contribution in [0.2, 0.25) is 0 Å². The van der Waals surface area contributed by atoms with Crippen molar-refractivity contribution < 1.29 is 9.59 Å². The van der Waals surface area contributed by atoms with Gasteiger partial charge in [-0.15, -0.1) is 0 Å². The second kappa shape index (κ2) is 7.99. The maximum atomic E-state index is 12.5. The molecule has 2 amide bonds. The molecule has 1 saturated heterocycles. The Kier molecular flexibility index (Phi) is 5.51. The Balaban J connectivity index is 1.60. The summed E-state index contributed by atoms with van der Waals surface area (Å²) in [5.41, 5.74) is 2.91. The van der Waals surface area contributed by atoms with Crippen LogP contribution in [0.4, 0.5) is 17.1 Å². The molecule has 1 aliphatic heterocycles. The minimum absolute atomic E-state index is 0.00288. The number of hydrogen-bond donors (Lipinski definition) is 2. The predicted molar refractivity (Wildman–Crippen MR) is 103 cm³/mol. The monoisotopic (exact) mass is 352 g/mol. The Labute approximate surface area is 153 Å². The quantitative estimate of drug-likeness (QED) is 0.881. The molecule has 0 saturated carbocycles. The maximum Gasteiger partial charge on any atom is 0.272 e. The molecule has 0 bridgehead atoms. The first kappa shape index (κ1) is 17.9. The van der Waals surface area contributed by atoms with Crippen LogP contribution >= 0.6 is 0 Å². The molecule has 0 aliphatic carbocycles. The smallest absolute Gasteiger partial charge is 0.272 e. The molecule has 2 aromatic rings. The molecule has 6 nitrogen and oxygen atoms in total. The number of aromatic nitrogens is 1. The first-order chi connectivity index (χ1) is 12.5. The first-order valence-corrected chi connectivity index (χ1v) is 8.91. The van der Waals surface area contributed by atoms with Crippen LogP contribution in [0, 0.1) is 5.92 Å². The van der Waals surface area contributed by atoms with E-state index in [9.17, 15) is 9.59 Å². The van der Waals surface area contributed by atoms with Gasteiger partial charge >= 0.3 is 0 Å². The van der Waals surface area contributed by atoms with Crippen molar-refractivity contribution in [3.05, 3.63) is 48.3 Å². The van der Waals surface area contributed by atoms with Crippen molar-refractivity contribution in [1.82, 2.24) is 9.88 Å². The van der Waals surface area contributed by atoms with Gasteiger partial charge in [-0.05, 0) is 55.2 Å². The van der Waals surface area contributed by atoms with Crippen LogP contribution < -0.4 is 10.6 Å². The number of likely N-dealkylation sites (tertiary alicyclic amines) is 1. The summed E-state index contributed by atoms with van der Waals surface area (Å²) >= 11 is 0. The second-order valence-electron chi connectivity index (χ2n) is 6.79. The van der Waals surface area contributed by atoms with E-state index in [0.29, 0.717) is 11.6 Å². The summed E-state index contributed by atoms with van der Waals surface area (Å²) in [7, 11) is 0. The summed E-state index contributed by atoms with van der Waals surface area (Å²) in [5, 5.41) is 5.96. The molecule has 0 spiro atoms. The number of pyridine rings is 1. The highest BCUT2D eigenvalue weighted by molar-refractivity contribution is 5.92. The van der Waals surface area contributed by atoms with Gasteiger partial charge in [-0.3, -0.25) is 9.59 Å². The standard InChI is InChI=1S/C20H24N4O2/c1-14-9-11-24(12-10-14)20(26)19-8-7-18(13-21-19)23-17-5-3-16(4-6-17)22-15(2)25/h3-8,13-14,23H,9-12H2,1-2H3,(H,22,25).